The number of aryl methyl sites for hydroxylation is 2. The summed E-state index contributed by atoms with van der Waals surface area (Å²) in [6.45, 7) is 0.893. The molecule has 20 heavy (non-hydrogen) atoms. The molecule has 2 heteroatoms. The van der Waals surface area contributed by atoms with E-state index < -0.39 is 0 Å². The van der Waals surface area contributed by atoms with Gasteiger partial charge >= 0.3 is 0 Å². The molecule has 0 atom stereocenters. The first kappa shape index (κ1) is 13.0. The van der Waals surface area contributed by atoms with Crippen LogP contribution < -0.4 is 10.6 Å². The Morgan fingerprint density at radius 3 is 2.60 bits per heavy atom. The zero-order valence-electron chi connectivity index (χ0n) is 12.1. The molecule has 2 N–H and O–H groups in total. The van der Waals surface area contributed by atoms with Gasteiger partial charge in [-0.3, -0.25) is 0 Å². The van der Waals surface area contributed by atoms with Gasteiger partial charge in [0.15, 0.2) is 0 Å². The van der Waals surface area contributed by atoms with E-state index in [4.69, 9.17) is 5.73 Å². The van der Waals surface area contributed by atoms with E-state index in [2.05, 4.69) is 42.3 Å². The summed E-state index contributed by atoms with van der Waals surface area (Å²) in [5, 5.41) is 0. The number of fused-ring (bicyclic) bond motifs is 1. The number of nitrogen functional groups attached to an aromatic ring is 1. The molecule has 0 bridgehead atoms. The van der Waals surface area contributed by atoms with E-state index in [1.807, 2.05) is 12.1 Å². The quantitative estimate of drug-likeness (QED) is 0.857. The molecule has 0 saturated heterocycles. The van der Waals surface area contributed by atoms with Crippen LogP contribution in [0.4, 0.5) is 11.4 Å². The van der Waals surface area contributed by atoms with Crippen LogP contribution in [0.5, 0.6) is 0 Å². The van der Waals surface area contributed by atoms with Gasteiger partial charge in [-0.2, -0.15) is 0 Å². The minimum atomic E-state index is 0.835. The summed E-state index contributed by atoms with van der Waals surface area (Å²) in [5.41, 5.74) is 12.3. The lowest BCUT2D eigenvalue weighted by molar-refractivity contribution is 0.685. The molecule has 1 aliphatic rings. The van der Waals surface area contributed by atoms with Crippen LogP contribution in [0.25, 0.3) is 0 Å². The van der Waals surface area contributed by atoms with Crippen LogP contribution in [0.2, 0.25) is 0 Å². The van der Waals surface area contributed by atoms with Gasteiger partial charge in [0.2, 0.25) is 0 Å². The number of hydrogen-bond acceptors (Lipinski definition) is 2. The van der Waals surface area contributed by atoms with Crippen molar-refractivity contribution in [2.24, 2.45) is 0 Å². The SMILES string of the molecule is CN(Cc1cccc(N)c1)c1ccc2c(c1)CCCC2. The first-order valence-corrected chi connectivity index (χ1v) is 7.40. The third-order valence-corrected chi connectivity index (χ3v) is 4.14. The molecule has 0 amide bonds. The second-order valence-corrected chi connectivity index (χ2v) is 5.76. The topological polar surface area (TPSA) is 29.3 Å². The lowest BCUT2D eigenvalue weighted by Crippen LogP contribution is -2.17. The molecule has 0 saturated carbocycles. The summed E-state index contributed by atoms with van der Waals surface area (Å²) in [6.07, 6.45) is 5.14. The summed E-state index contributed by atoms with van der Waals surface area (Å²) in [6, 6.07) is 15.0. The molecule has 0 aromatic heterocycles. The zero-order chi connectivity index (χ0) is 13.9. The van der Waals surface area contributed by atoms with Crippen LogP contribution in [0, 0.1) is 0 Å². The number of nitrogens with two attached hydrogens (primary N) is 1. The minimum absolute atomic E-state index is 0.835. The Kier molecular flexibility index (Phi) is 3.64. The van der Waals surface area contributed by atoms with Gasteiger partial charge in [0, 0.05) is 25.0 Å². The van der Waals surface area contributed by atoms with Gasteiger partial charge in [-0.1, -0.05) is 18.2 Å². The Morgan fingerprint density at radius 1 is 1.00 bits per heavy atom. The summed E-state index contributed by atoms with van der Waals surface area (Å²) >= 11 is 0. The van der Waals surface area contributed by atoms with Crippen molar-refractivity contribution in [3.63, 3.8) is 0 Å². The standard InChI is InChI=1S/C18H22N2/c1-20(13-14-5-4-8-17(19)11-14)18-10-9-15-6-2-3-7-16(15)12-18/h4-5,8-12H,2-3,6-7,13,19H2,1H3. The Bertz CT molecular complexity index is 604. The maximum absolute atomic E-state index is 5.85. The van der Waals surface area contributed by atoms with Crippen molar-refractivity contribution in [2.75, 3.05) is 17.7 Å². The predicted octanol–water partition coefficient (Wildman–Crippen LogP) is 3.78. The summed E-state index contributed by atoms with van der Waals surface area (Å²) in [4.78, 5) is 2.30. The van der Waals surface area contributed by atoms with Gasteiger partial charge in [0.25, 0.3) is 0 Å². The van der Waals surface area contributed by atoms with E-state index >= 15 is 0 Å². The smallest absolute Gasteiger partial charge is 0.0426 e. The normalized spacial score (nSPS) is 13.8. The Labute approximate surface area is 121 Å². The number of rotatable bonds is 3. The lowest BCUT2D eigenvalue weighted by Gasteiger charge is -2.23. The highest BCUT2D eigenvalue weighted by atomic mass is 15.1. The second kappa shape index (κ2) is 5.58. The van der Waals surface area contributed by atoms with Crippen molar-refractivity contribution in [1.29, 1.82) is 0 Å². The van der Waals surface area contributed by atoms with Crippen LogP contribution in [0.3, 0.4) is 0 Å². The highest BCUT2D eigenvalue weighted by Gasteiger charge is 2.11. The molecular formula is C18H22N2. The Morgan fingerprint density at radius 2 is 1.80 bits per heavy atom. The molecule has 0 heterocycles. The fourth-order valence-corrected chi connectivity index (χ4v) is 3.01. The number of hydrogen-bond donors (Lipinski definition) is 1. The average molecular weight is 266 g/mol. The first-order valence-electron chi connectivity index (χ1n) is 7.40. The zero-order valence-corrected chi connectivity index (χ0v) is 12.1. The van der Waals surface area contributed by atoms with Crippen molar-refractivity contribution in [1.82, 2.24) is 0 Å². The average Bonchev–Trinajstić information content (AvgIpc) is 2.47. The molecule has 1 aliphatic carbocycles. The maximum Gasteiger partial charge on any atom is 0.0426 e. The van der Waals surface area contributed by atoms with Crippen LogP contribution in [0.15, 0.2) is 42.5 Å². The van der Waals surface area contributed by atoms with Crippen molar-refractivity contribution < 1.29 is 0 Å². The van der Waals surface area contributed by atoms with E-state index in [1.165, 1.54) is 48.1 Å². The Hall–Kier alpha value is -1.96. The fraction of sp³-hybridized carbons (Fsp3) is 0.333. The van der Waals surface area contributed by atoms with Gasteiger partial charge in [-0.25, -0.2) is 0 Å². The van der Waals surface area contributed by atoms with Gasteiger partial charge in [-0.15, -0.1) is 0 Å². The highest BCUT2D eigenvalue weighted by molar-refractivity contribution is 5.52. The molecular weight excluding hydrogens is 244 g/mol. The maximum atomic E-state index is 5.85. The molecule has 2 aromatic carbocycles. The second-order valence-electron chi connectivity index (χ2n) is 5.76. The van der Waals surface area contributed by atoms with Gasteiger partial charge in [-0.05, 0) is 66.6 Å². The number of benzene rings is 2. The number of anilines is 2. The van der Waals surface area contributed by atoms with Crippen LogP contribution in [-0.2, 0) is 19.4 Å². The van der Waals surface area contributed by atoms with Gasteiger partial charge in [0.05, 0.1) is 0 Å². The summed E-state index contributed by atoms with van der Waals surface area (Å²) < 4.78 is 0. The van der Waals surface area contributed by atoms with Crippen molar-refractivity contribution in [3.05, 3.63) is 59.2 Å². The molecule has 0 fully saturated rings. The summed E-state index contributed by atoms with van der Waals surface area (Å²) in [5.74, 6) is 0. The highest BCUT2D eigenvalue weighted by Crippen LogP contribution is 2.26. The monoisotopic (exact) mass is 266 g/mol. The molecule has 0 spiro atoms. The van der Waals surface area contributed by atoms with E-state index in [-0.39, 0.29) is 0 Å². The molecule has 104 valence electrons. The first-order chi connectivity index (χ1) is 9.72. The van der Waals surface area contributed by atoms with Crippen LogP contribution in [0.1, 0.15) is 29.5 Å². The van der Waals surface area contributed by atoms with Crippen molar-refractivity contribution >= 4 is 11.4 Å². The molecule has 0 aliphatic heterocycles. The molecule has 2 nitrogen and oxygen atoms in total. The summed E-state index contributed by atoms with van der Waals surface area (Å²) in [7, 11) is 2.15. The fourth-order valence-electron chi connectivity index (χ4n) is 3.01. The molecule has 0 radical (unpaired) electrons. The van der Waals surface area contributed by atoms with E-state index in [9.17, 15) is 0 Å². The van der Waals surface area contributed by atoms with Gasteiger partial charge in [0.1, 0.15) is 0 Å². The third-order valence-electron chi connectivity index (χ3n) is 4.14. The van der Waals surface area contributed by atoms with Crippen molar-refractivity contribution in [3.8, 4) is 0 Å². The van der Waals surface area contributed by atoms with Crippen molar-refractivity contribution in [2.45, 2.75) is 32.2 Å². The predicted molar refractivity (Wildman–Crippen MR) is 86.0 cm³/mol. The van der Waals surface area contributed by atoms with Crippen LogP contribution >= 0.6 is 0 Å². The molecule has 0 unspecified atom stereocenters. The number of nitrogens with zero attached hydrogens (tertiary/aromatic N) is 1. The third kappa shape index (κ3) is 2.79. The minimum Gasteiger partial charge on any atom is -0.399 e. The largest absolute Gasteiger partial charge is 0.399 e. The lowest BCUT2D eigenvalue weighted by atomic mass is 9.91. The molecule has 2 aromatic rings. The van der Waals surface area contributed by atoms with E-state index in [1.54, 1.807) is 0 Å². The van der Waals surface area contributed by atoms with Gasteiger partial charge < -0.3 is 10.6 Å². The van der Waals surface area contributed by atoms with E-state index in [0.29, 0.717) is 0 Å². The van der Waals surface area contributed by atoms with Crippen LogP contribution in [-0.4, -0.2) is 7.05 Å². The molecule has 3 rings (SSSR count). The Balaban J connectivity index is 1.78. The van der Waals surface area contributed by atoms with E-state index in [0.717, 1.165) is 12.2 Å².